The fourth-order valence-electron chi connectivity index (χ4n) is 2.70. The van der Waals surface area contributed by atoms with Gasteiger partial charge in [-0.3, -0.25) is 4.98 Å². The fourth-order valence-corrected chi connectivity index (χ4v) is 2.70. The molecule has 0 aromatic carbocycles. The molecule has 7 nitrogen and oxygen atoms in total. The Kier molecular flexibility index (Phi) is 4.56. The SMILES string of the molecule is O=C(O)N1CCC2(CC1)OCC(OCc1ccncc1)CO2. The van der Waals surface area contributed by atoms with E-state index in [1.165, 1.54) is 4.90 Å². The van der Waals surface area contributed by atoms with Crippen molar-refractivity contribution in [3.05, 3.63) is 30.1 Å². The van der Waals surface area contributed by atoms with Gasteiger partial charge in [-0.05, 0) is 17.7 Å². The normalized spacial score (nSPS) is 21.9. The van der Waals surface area contributed by atoms with Crippen LogP contribution in [0.2, 0.25) is 0 Å². The number of carboxylic acid groups (broad SMARTS) is 1. The lowest BCUT2D eigenvalue weighted by atomic mass is 10.0. The smallest absolute Gasteiger partial charge is 0.407 e. The van der Waals surface area contributed by atoms with Crippen LogP contribution in [0.25, 0.3) is 0 Å². The van der Waals surface area contributed by atoms with Crippen LogP contribution < -0.4 is 0 Å². The molecule has 0 saturated carbocycles. The minimum absolute atomic E-state index is 0.101. The number of nitrogens with zero attached hydrogens (tertiary/aromatic N) is 2. The number of carbonyl (C=O) groups is 1. The van der Waals surface area contributed by atoms with Crippen LogP contribution in [0.15, 0.2) is 24.5 Å². The van der Waals surface area contributed by atoms with Gasteiger partial charge in [-0.2, -0.15) is 0 Å². The molecule has 120 valence electrons. The van der Waals surface area contributed by atoms with E-state index < -0.39 is 11.9 Å². The highest BCUT2D eigenvalue weighted by molar-refractivity contribution is 5.65. The first-order valence-electron chi connectivity index (χ1n) is 7.43. The molecule has 22 heavy (non-hydrogen) atoms. The molecule has 0 aliphatic carbocycles. The molecule has 7 heteroatoms. The molecule has 2 aliphatic rings. The van der Waals surface area contributed by atoms with Crippen LogP contribution in [0, 0.1) is 0 Å². The summed E-state index contributed by atoms with van der Waals surface area (Å²) in [5, 5.41) is 8.97. The van der Waals surface area contributed by atoms with Crippen LogP contribution in [0.3, 0.4) is 0 Å². The Labute approximate surface area is 128 Å². The summed E-state index contributed by atoms with van der Waals surface area (Å²) in [5.74, 6) is -0.636. The van der Waals surface area contributed by atoms with Crippen molar-refractivity contribution in [2.45, 2.75) is 31.3 Å². The molecule has 0 bridgehead atoms. The predicted octanol–water partition coefficient (Wildman–Crippen LogP) is 1.48. The zero-order chi connectivity index (χ0) is 15.4. The van der Waals surface area contributed by atoms with Crippen molar-refractivity contribution >= 4 is 6.09 Å². The van der Waals surface area contributed by atoms with Crippen molar-refractivity contribution in [3.8, 4) is 0 Å². The maximum atomic E-state index is 10.9. The van der Waals surface area contributed by atoms with Crippen molar-refractivity contribution < 1.29 is 24.1 Å². The monoisotopic (exact) mass is 308 g/mol. The first kappa shape index (κ1) is 15.2. The van der Waals surface area contributed by atoms with Gasteiger partial charge in [-0.25, -0.2) is 4.79 Å². The summed E-state index contributed by atoms with van der Waals surface area (Å²) >= 11 is 0. The Balaban J connectivity index is 1.44. The van der Waals surface area contributed by atoms with Gasteiger partial charge in [0.25, 0.3) is 0 Å². The van der Waals surface area contributed by atoms with Gasteiger partial charge in [0.2, 0.25) is 0 Å². The highest BCUT2D eigenvalue weighted by Crippen LogP contribution is 2.31. The molecule has 2 saturated heterocycles. The van der Waals surface area contributed by atoms with Crippen molar-refractivity contribution in [1.82, 2.24) is 9.88 Å². The van der Waals surface area contributed by atoms with Gasteiger partial charge in [0.15, 0.2) is 5.79 Å². The van der Waals surface area contributed by atoms with Crippen molar-refractivity contribution in [3.63, 3.8) is 0 Å². The second kappa shape index (κ2) is 6.60. The van der Waals surface area contributed by atoms with Crippen molar-refractivity contribution in [2.24, 2.45) is 0 Å². The summed E-state index contributed by atoms with van der Waals surface area (Å²) in [6.07, 6.45) is 3.61. The number of hydrogen-bond donors (Lipinski definition) is 1. The van der Waals surface area contributed by atoms with Gasteiger partial charge >= 0.3 is 6.09 Å². The lowest BCUT2D eigenvalue weighted by molar-refractivity contribution is -0.311. The van der Waals surface area contributed by atoms with Crippen molar-refractivity contribution in [1.29, 1.82) is 0 Å². The molecular weight excluding hydrogens is 288 g/mol. The number of aromatic nitrogens is 1. The van der Waals surface area contributed by atoms with E-state index in [1.807, 2.05) is 12.1 Å². The summed E-state index contributed by atoms with van der Waals surface area (Å²) in [4.78, 5) is 16.3. The number of amides is 1. The lowest BCUT2D eigenvalue weighted by Crippen LogP contribution is -2.54. The van der Waals surface area contributed by atoms with Gasteiger partial charge in [0.05, 0.1) is 19.8 Å². The molecule has 0 unspecified atom stereocenters. The highest BCUT2D eigenvalue weighted by atomic mass is 16.7. The van der Waals surface area contributed by atoms with Crippen molar-refractivity contribution in [2.75, 3.05) is 26.3 Å². The summed E-state index contributed by atoms with van der Waals surface area (Å²) in [7, 11) is 0. The van der Waals surface area contributed by atoms with Gasteiger partial charge in [-0.15, -0.1) is 0 Å². The Hall–Kier alpha value is -1.70. The minimum atomic E-state index is -0.885. The Morgan fingerprint density at radius 1 is 1.32 bits per heavy atom. The molecule has 3 rings (SSSR count). The van der Waals surface area contributed by atoms with E-state index in [0.717, 1.165) is 5.56 Å². The Bertz CT molecular complexity index is 492. The molecule has 1 amide bonds. The molecule has 2 fully saturated rings. The summed E-state index contributed by atoms with van der Waals surface area (Å²) in [6.45, 7) is 2.33. The molecule has 0 radical (unpaired) electrons. The molecule has 1 spiro atoms. The zero-order valence-electron chi connectivity index (χ0n) is 12.3. The number of ether oxygens (including phenoxy) is 3. The Morgan fingerprint density at radius 3 is 2.55 bits per heavy atom. The molecular formula is C15H20N2O5. The number of pyridine rings is 1. The largest absolute Gasteiger partial charge is 0.465 e. The fraction of sp³-hybridized carbons (Fsp3) is 0.600. The molecule has 2 aliphatic heterocycles. The zero-order valence-corrected chi connectivity index (χ0v) is 12.3. The van der Waals surface area contributed by atoms with Gasteiger partial charge in [0, 0.05) is 38.3 Å². The van der Waals surface area contributed by atoms with Crippen LogP contribution >= 0.6 is 0 Å². The predicted molar refractivity (Wildman–Crippen MR) is 76.3 cm³/mol. The minimum Gasteiger partial charge on any atom is -0.465 e. The number of rotatable bonds is 3. The van der Waals surface area contributed by atoms with Gasteiger partial charge < -0.3 is 24.2 Å². The third kappa shape index (κ3) is 3.55. The van der Waals surface area contributed by atoms with Crippen LogP contribution in [-0.2, 0) is 20.8 Å². The van der Waals surface area contributed by atoms with E-state index in [9.17, 15) is 4.79 Å². The average molecular weight is 308 g/mol. The second-order valence-electron chi connectivity index (χ2n) is 5.59. The standard InChI is InChI=1S/C15H20N2O5/c18-14(19)17-7-3-15(4-8-17)21-10-13(11-22-15)20-9-12-1-5-16-6-2-12/h1-2,5-6,13H,3-4,7-11H2,(H,18,19). The summed E-state index contributed by atoms with van der Waals surface area (Å²) < 4.78 is 17.5. The first-order chi connectivity index (χ1) is 10.7. The Morgan fingerprint density at radius 2 is 1.95 bits per heavy atom. The summed E-state index contributed by atoms with van der Waals surface area (Å²) in [5.41, 5.74) is 1.06. The summed E-state index contributed by atoms with van der Waals surface area (Å²) in [6, 6.07) is 3.82. The lowest BCUT2D eigenvalue weighted by Gasteiger charge is -2.44. The van der Waals surface area contributed by atoms with Crippen LogP contribution in [-0.4, -0.2) is 59.3 Å². The van der Waals surface area contributed by atoms with Crippen LogP contribution in [0.5, 0.6) is 0 Å². The molecule has 1 aromatic heterocycles. The topological polar surface area (TPSA) is 81.1 Å². The van der Waals surface area contributed by atoms with Gasteiger partial charge in [0.1, 0.15) is 6.10 Å². The van der Waals surface area contributed by atoms with E-state index in [1.54, 1.807) is 12.4 Å². The van der Waals surface area contributed by atoms with E-state index in [0.29, 0.717) is 45.8 Å². The maximum absolute atomic E-state index is 10.9. The van der Waals surface area contributed by atoms with E-state index in [2.05, 4.69) is 4.98 Å². The maximum Gasteiger partial charge on any atom is 0.407 e. The molecule has 0 atom stereocenters. The quantitative estimate of drug-likeness (QED) is 0.911. The van der Waals surface area contributed by atoms with E-state index in [-0.39, 0.29) is 6.10 Å². The number of likely N-dealkylation sites (tertiary alicyclic amines) is 1. The second-order valence-corrected chi connectivity index (χ2v) is 5.59. The third-order valence-electron chi connectivity index (χ3n) is 4.10. The van der Waals surface area contributed by atoms with Gasteiger partial charge in [-0.1, -0.05) is 0 Å². The van der Waals surface area contributed by atoms with Crippen LogP contribution in [0.4, 0.5) is 4.79 Å². The molecule has 1 N–H and O–H groups in total. The molecule has 3 heterocycles. The van der Waals surface area contributed by atoms with E-state index in [4.69, 9.17) is 19.3 Å². The number of hydrogen-bond acceptors (Lipinski definition) is 5. The highest BCUT2D eigenvalue weighted by Gasteiger charge is 2.41. The average Bonchev–Trinajstić information content (AvgIpc) is 2.56. The first-order valence-corrected chi connectivity index (χ1v) is 7.43. The third-order valence-corrected chi connectivity index (χ3v) is 4.10. The number of piperidine rings is 1. The van der Waals surface area contributed by atoms with E-state index >= 15 is 0 Å². The molecule has 1 aromatic rings. The van der Waals surface area contributed by atoms with Crippen LogP contribution in [0.1, 0.15) is 18.4 Å².